The minimum Gasteiger partial charge on any atom is -0.404 e. The van der Waals surface area contributed by atoms with E-state index in [-0.39, 0.29) is 36.6 Å². The molecule has 0 radical (unpaired) electrons. The molecule has 3 saturated carbocycles. The standard InChI is InChI=1S/C16H25BClNO3/c1-15(2)10-7-11(15)16(3)12(8-10)21-17(22-16)13-5-4-6-19(13)14(20)9-18/h10-13H,4-9H2,1-3H3/t10-,11-,12+,13-,16-/m0/s1. The Morgan fingerprint density at radius 2 is 2.14 bits per heavy atom. The smallest absolute Gasteiger partial charge is 0.404 e. The zero-order valence-corrected chi connectivity index (χ0v) is 14.4. The molecular weight excluding hydrogens is 300 g/mol. The predicted molar refractivity (Wildman–Crippen MR) is 85.6 cm³/mol. The maximum atomic E-state index is 12.0. The third-order valence-corrected chi connectivity index (χ3v) is 7.25. The zero-order chi connectivity index (χ0) is 15.7. The lowest BCUT2D eigenvalue weighted by Gasteiger charge is -2.64. The van der Waals surface area contributed by atoms with Gasteiger partial charge in [0.15, 0.2) is 0 Å². The van der Waals surface area contributed by atoms with Crippen molar-refractivity contribution in [3.63, 3.8) is 0 Å². The molecule has 0 aromatic heterocycles. The van der Waals surface area contributed by atoms with Gasteiger partial charge in [-0.15, -0.1) is 11.6 Å². The number of carbonyl (C=O) groups excluding carboxylic acids is 1. The molecule has 2 bridgehead atoms. The van der Waals surface area contributed by atoms with E-state index in [9.17, 15) is 4.79 Å². The normalized spacial score (nSPS) is 45.6. The van der Waals surface area contributed by atoms with Gasteiger partial charge in [0, 0.05) is 6.54 Å². The highest BCUT2D eigenvalue weighted by Crippen LogP contribution is 2.65. The van der Waals surface area contributed by atoms with Gasteiger partial charge in [0.25, 0.3) is 0 Å². The van der Waals surface area contributed by atoms with Gasteiger partial charge < -0.3 is 14.2 Å². The highest BCUT2D eigenvalue weighted by atomic mass is 35.5. The summed E-state index contributed by atoms with van der Waals surface area (Å²) in [5.41, 5.74) is 0.159. The molecule has 4 nitrogen and oxygen atoms in total. The lowest BCUT2D eigenvalue weighted by Crippen LogP contribution is -2.65. The number of nitrogens with zero attached hydrogens (tertiary/aromatic N) is 1. The molecule has 1 amide bonds. The van der Waals surface area contributed by atoms with E-state index in [4.69, 9.17) is 20.9 Å². The Hall–Kier alpha value is -0.255. The van der Waals surface area contributed by atoms with Crippen LogP contribution in [0.3, 0.4) is 0 Å². The number of alkyl halides is 1. The number of hydrogen-bond acceptors (Lipinski definition) is 3. The molecule has 0 spiro atoms. The first-order chi connectivity index (χ1) is 10.4. The van der Waals surface area contributed by atoms with Gasteiger partial charge in [-0.3, -0.25) is 4.79 Å². The summed E-state index contributed by atoms with van der Waals surface area (Å²) >= 11 is 5.75. The molecule has 22 heavy (non-hydrogen) atoms. The van der Waals surface area contributed by atoms with Crippen LogP contribution in [0.4, 0.5) is 0 Å². The van der Waals surface area contributed by atoms with E-state index in [1.807, 2.05) is 4.90 Å². The van der Waals surface area contributed by atoms with Crippen LogP contribution >= 0.6 is 11.6 Å². The molecule has 5 atom stereocenters. The van der Waals surface area contributed by atoms with Gasteiger partial charge in [0.2, 0.25) is 5.91 Å². The number of likely N-dealkylation sites (tertiary alicyclic amines) is 1. The summed E-state index contributed by atoms with van der Waals surface area (Å²) in [5.74, 6) is 1.39. The zero-order valence-electron chi connectivity index (χ0n) is 13.7. The molecule has 2 saturated heterocycles. The molecule has 6 heteroatoms. The van der Waals surface area contributed by atoms with Crippen molar-refractivity contribution in [2.75, 3.05) is 12.4 Å². The van der Waals surface area contributed by atoms with Crippen molar-refractivity contribution < 1.29 is 14.1 Å². The summed E-state index contributed by atoms with van der Waals surface area (Å²) in [7, 11) is -0.278. The van der Waals surface area contributed by atoms with Crippen molar-refractivity contribution in [2.24, 2.45) is 17.3 Å². The van der Waals surface area contributed by atoms with Crippen LogP contribution in [-0.2, 0) is 14.1 Å². The Morgan fingerprint density at radius 3 is 2.82 bits per heavy atom. The van der Waals surface area contributed by atoms with Gasteiger partial charge in [-0.25, -0.2) is 0 Å². The maximum absolute atomic E-state index is 12.0. The number of halogens is 1. The quantitative estimate of drug-likeness (QED) is 0.578. The van der Waals surface area contributed by atoms with Gasteiger partial charge in [0.1, 0.15) is 5.88 Å². The van der Waals surface area contributed by atoms with E-state index in [2.05, 4.69) is 20.8 Å². The minimum atomic E-state index is -0.278. The molecule has 5 rings (SSSR count). The summed E-state index contributed by atoms with van der Waals surface area (Å²) in [6, 6.07) is 0. The highest BCUT2D eigenvalue weighted by Gasteiger charge is 2.68. The Kier molecular flexibility index (Phi) is 3.38. The summed E-state index contributed by atoms with van der Waals surface area (Å²) in [6.45, 7) is 7.73. The van der Waals surface area contributed by atoms with Crippen LogP contribution in [0.25, 0.3) is 0 Å². The van der Waals surface area contributed by atoms with Gasteiger partial charge >= 0.3 is 7.12 Å². The Morgan fingerprint density at radius 1 is 1.36 bits per heavy atom. The SMILES string of the molecule is CC1(C)[C@@H]2C[C@H]3OB([C@@H]4CCCN4C(=O)CCl)O[C@@]3(C)[C@H]1C2. The van der Waals surface area contributed by atoms with Crippen molar-refractivity contribution >= 4 is 24.6 Å². The average molecular weight is 326 g/mol. The Labute approximate surface area is 138 Å². The van der Waals surface area contributed by atoms with E-state index in [1.54, 1.807) is 0 Å². The first kappa shape index (κ1) is 15.3. The van der Waals surface area contributed by atoms with Crippen molar-refractivity contribution in [3.8, 4) is 0 Å². The van der Waals surface area contributed by atoms with Crippen LogP contribution < -0.4 is 0 Å². The van der Waals surface area contributed by atoms with Crippen LogP contribution in [0.5, 0.6) is 0 Å². The molecular formula is C16H25BClNO3. The molecule has 5 aliphatic rings. The third kappa shape index (κ3) is 1.88. The second-order valence-corrected chi connectivity index (χ2v) is 8.53. The van der Waals surface area contributed by atoms with E-state index in [0.29, 0.717) is 11.3 Å². The minimum absolute atomic E-state index is 0.000944. The van der Waals surface area contributed by atoms with Gasteiger partial charge in [-0.05, 0) is 49.9 Å². The largest absolute Gasteiger partial charge is 0.481 e. The van der Waals surface area contributed by atoms with E-state index in [1.165, 1.54) is 6.42 Å². The summed E-state index contributed by atoms with van der Waals surface area (Å²) in [6.07, 6.45) is 4.49. The van der Waals surface area contributed by atoms with Crippen molar-refractivity contribution in [1.29, 1.82) is 0 Å². The molecule has 5 fully saturated rings. The van der Waals surface area contributed by atoms with Gasteiger partial charge in [-0.1, -0.05) is 13.8 Å². The van der Waals surface area contributed by atoms with Gasteiger partial charge in [-0.2, -0.15) is 0 Å². The molecule has 0 N–H and O–H groups in total. The van der Waals surface area contributed by atoms with Crippen LogP contribution in [0, 0.1) is 17.3 Å². The highest BCUT2D eigenvalue weighted by molar-refractivity contribution is 6.48. The third-order valence-electron chi connectivity index (χ3n) is 7.02. The molecule has 122 valence electrons. The molecule has 0 aromatic carbocycles. The predicted octanol–water partition coefficient (Wildman–Crippen LogP) is 2.48. The first-order valence-corrected chi connectivity index (χ1v) is 9.10. The van der Waals surface area contributed by atoms with E-state index < -0.39 is 0 Å². The number of amides is 1. The lowest BCUT2D eigenvalue weighted by atomic mass is 9.43. The fraction of sp³-hybridized carbons (Fsp3) is 0.938. The van der Waals surface area contributed by atoms with Crippen LogP contribution in [0.1, 0.15) is 46.5 Å². The second-order valence-electron chi connectivity index (χ2n) is 8.27. The first-order valence-electron chi connectivity index (χ1n) is 8.56. The number of carbonyl (C=O) groups is 1. The fourth-order valence-corrected chi connectivity index (χ4v) is 5.68. The average Bonchev–Trinajstić information content (AvgIpc) is 3.08. The van der Waals surface area contributed by atoms with Crippen LogP contribution in [0.15, 0.2) is 0 Å². The Bertz CT molecular complexity index is 502. The molecule has 2 heterocycles. The second kappa shape index (κ2) is 4.87. The van der Waals surface area contributed by atoms with Crippen LogP contribution in [-0.4, -0.2) is 48.0 Å². The maximum Gasteiger partial charge on any atom is 0.481 e. The molecule has 0 aromatic rings. The van der Waals surface area contributed by atoms with Gasteiger partial charge in [0.05, 0.1) is 17.6 Å². The molecule has 3 aliphatic carbocycles. The molecule has 2 aliphatic heterocycles. The van der Waals surface area contributed by atoms with E-state index in [0.717, 1.165) is 31.7 Å². The summed E-state index contributed by atoms with van der Waals surface area (Å²) < 4.78 is 12.8. The fourth-order valence-electron chi connectivity index (χ4n) is 5.53. The summed E-state index contributed by atoms with van der Waals surface area (Å²) in [4.78, 5) is 13.9. The topological polar surface area (TPSA) is 38.8 Å². The van der Waals surface area contributed by atoms with Crippen LogP contribution in [0.2, 0.25) is 0 Å². The number of hydrogen-bond donors (Lipinski definition) is 0. The van der Waals surface area contributed by atoms with Crippen molar-refractivity contribution in [1.82, 2.24) is 4.90 Å². The molecule has 0 unspecified atom stereocenters. The number of rotatable bonds is 2. The van der Waals surface area contributed by atoms with E-state index >= 15 is 0 Å². The Balaban J connectivity index is 1.54. The lowest BCUT2D eigenvalue weighted by molar-refractivity contribution is -0.199. The van der Waals surface area contributed by atoms with Crippen molar-refractivity contribution in [3.05, 3.63) is 0 Å². The monoisotopic (exact) mass is 325 g/mol. The summed E-state index contributed by atoms with van der Waals surface area (Å²) in [5, 5.41) is 0. The van der Waals surface area contributed by atoms with Crippen molar-refractivity contribution in [2.45, 2.75) is 64.1 Å².